The van der Waals surface area contributed by atoms with Crippen molar-refractivity contribution in [2.24, 2.45) is 0 Å². The quantitative estimate of drug-likeness (QED) is 0.660. The Labute approximate surface area is 157 Å². The zero-order chi connectivity index (χ0) is 19.1. The van der Waals surface area contributed by atoms with Crippen LogP contribution in [0.5, 0.6) is 0 Å². The normalized spacial score (nSPS) is 16.4. The van der Waals surface area contributed by atoms with Gasteiger partial charge in [-0.2, -0.15) is 0 Å². The maximum absolute atomic E-state index is 12.4. The molecule has 1 unspecified atom stereocenters. The minimum atomic E-state index is -0.635. The van der Waals surface area contributed by atoms with Crippen molar-refractivity contribution in [1.29, 1.82) is 0 Å². The van der Waals surface area contributed by atoms with Gasteiger partial charge in [-0.25, -0.2) is 4.79 Å². The van der Waals surface area contributed by atoms with Crippen LogP contribution in [0.25, 0.3) is 0 Å². The smallest absolute Gasteiger partial charge is 0.324 e. The molecule has 1 atom stereocenters. The van der Waals surface area contributed by atoms with Crippen LogP contribution in [-0.2, 0) is 22.4 Å². The van der Waals surface area contributed by atoms with Gasteiger partial charge in [-0.15, -0.1) is 0 Å². The Morgan fingerprint density at radius 1 is 1.11 bits per heavy atom. The fourth-order valence-corrected chi connectivity index (χ4v) is 3.01. The van der Waals surface area contributed by atoms with E-state index in [-0.39, 0.29) is 24.3 Å². The number of rotatable bonds is 9. The predicted molar refractivity (Wildman–Crippen MR) is 98.8 cm³/mol. The summed E-state index contributed by atoms with van der Waals surface area (Å²) in [6.45, 7) is 0.807. The molecule has 142 valence electrons. The van der Waals surface area contributed by atoms with Crippen LogP contribution in [0.1, 0.15) is 24.2 Å². The highest BCUT2D eigenvalue weighted by Crippen LogP contribution is 2.12. The van der Waals surface area contributed by atoms with Crippen LogP contribution in [0, 0.1) is 0 Å². The number of carbonyl (C=O) groups excluding carboxylic acids is 3. The van der Waals surface area contributed by atoms with Crippen LogP contribution in [0.15, 0.2) is 53.1 Å². The average molecular weight is 369 g/mol. The standard InChI is InChI=1S/C20H23N3O4/c24-18(21-12-10-16-7-4-14-27-16)9-8-17-19(25)23(20(26)22-17)13-11-15-5-2-1-3-6-15/h1-7,14,17H,8-13H2,(H,21,24)(H,22,26). The second-order valence-electron chi connectivity index (χ2n) is 6.45. The zero-order valence-corrected chi connectivity index (χ0v) is 15.0. The van der Waals surface area contributed by atoms with E-state index < -0.39 is 6.04 Å². The van der Waals surface area contributed by atoms with E-state index in [1.54, 1.807) is 12.3 Å². The van der Waals surface area contributed by atoms with Gasteiger partial charge in [-0.3, -0.25) is 14.5 Å². The molecule has 0 bridgehead atoms. The largest absolute Gasteiger partial charge is 0.469 e. The number of imide groups is 1. The Morgan fingerprint density at radius 3 is 2.67 bits per heavy atom. The molecule has 1 aromatic heterocycles. The highest BCUT2D eigenvalue weighted by Gasteiger charge is 2.37. The Balaban J connectivity index is 1.39. The summed E-state index contributed by atoms with van der Waals surface area (Å²) in [5.74, 6) is 0.397. The fourth-order valence-electron chi connectivity index (χ4n) is 3.01. The monoisotopic (exact) mass is 369 g/mol. The third-order valence-corrected chi connectivity index (χ3v) is 4.51. The molecule has 3 rings (SSSR count). The van der Waals surface area contributed by atoms with Crippen molar-refractivity contribution in [2.75, 3.05) is 13.1 Å². The van der Waals surface area contributed by atoms with Crippen molar-refractivity contribution in [3.63, 3.8) is 0 Å². The molecule has 2 aromatic rings. The maximum Gasteiger partial charge on any atom is 0.324 e. The molecule has 1 aromatic carbocycles. The first kappa shape index (κ1) is 18.7. The molecule has 0 spiro atoms. The lowest BCUT2D eigenvalue weighted by Crippen LogP contribution is -2.34. The van der Waals surface area contributed by atoms with Crippen LogP contribution in [0.3, 0.4) is 0 Å². The van der Waals surface area contributed by atoms with E-state index >= 15 is 0 Å². The van der Waals surface area contributed by atoms with Crippen molar-refractivity contribution in [3.8, 4) is 0 Å². The van der Waals surface area contributed by atoms with Crippen LogP contribution in [0.2, 0.25) is 0 Å². The third-order valence-electron chi connectivity index (χ3n) is 4.51. The SMILES string of the molecule is O=C(CCC1NC(=O)N(CCc2ccccc2)C1=O)NCCc1ccco1. The molecule has 0 radical (unpaired) electrons. The maximum atomic E-state index is 12.4. The lowest BCUT2D eigenvalue weighted by molar-refractivity contribution is -0.127. The van der Waals surface area contributed by atoms with E-state index in [1.165, 1.54) is 4.90 Å². The number of benzene rings is 1. The third kappa shape index (κ3) is 5.20. The van der Waals surface area contributed by atoms with Gasteiger partial charge in [0, 0.05) is 25.9 Å². The lowest BCUT2D eigenvalue weighted by Gasteiger charge is -2.13. The van der Waals surface area contributed by atoms with Crippen molar-refractivity contribution in [2.45, 2.75) is 31.7 Å². The number of furan rings is 1. The topological polar surface area (TPSA) is 91.7 Å². The Hall–Kier alpha value is -3.09. The van der Waals surface area contributed by atoms with Crippen LogP contribution in [0.4, 0.5) is 4.79 Å². The number of nitrogens with zero attached hydrogens (tertiary/aromatic N) is 1. The predicted octanol–water partition coefficient (Wildman–Crippen LogP) is 1.88. The minimum absolute atomic E-state index is 0.147. The van der Waals surface area contributed by atoms with Crippen LogP contribution >= 0.6 is 0 Å². The molecule has 2 N–H and O–H groups in total. The molecule has 27 heavy (non-hydrogen) atoms. The van der Waals surface area contributed by atoms with Crippen molar-refractivity contribution in [1.82, 2.24) is 15.5 Å². The van der Waals surface area contributed by atoms with Gasteiger partial charge in [0.25, 0.3) is 5.91 Å². The molecule has 1 fully saturated rings. The lowest BCUT2D eigenvalue weighted by atomic mass is 10.1. The molecule has 4 amide bonds. The molecule has 1 aliphatic rings. The summed E-state index contributed by atoms with van der Waals surface area (Å²) in [7, 11) is 0. The first-order valence-corrected chi connectivity index (χ1v) is 9.08. The molecule has 0 saturated carbocycles. The molecule has 0 aliphatic carbocycles. The molecular formula is C20H23N3O4. The van der Waals surface area contributed by atoms with Gasteiger partial charge < -0.3 is 15.1 Å². The zero-order valence-electron chi connectivity index (χ0n) is 15.0. The highest BCUT2D eigenvalue weighted by atomic mass is 16.3. The van der Waals surface area contributed by atoms with E-state index in [0.717, 1.165) is 11.3 Å². The number of urea groups is 1. The van der Waals surface area contributed by atoms with E-state index in [4.69, 9.17) is 4.42 Å². The first-order valence-electron chi connectivity index (χ1n) is 9.08. The summed E-state index contributed by atoms with van der Waals surface area (Å²) < 4.78 is 5.20. The number of amides is 4. The second-order valence-corrected chi connectivity index (χ2v) is 6.45. The fraction of sp³-hybridized carbons (Fsp3) is 0.350. The molecule has 2 heterocycles. The van der Waals surface area contributed by atoms with Crippen molar-refractivity contribution in [3.05, 3.63) is 60.1 Å². The first-order chi connectivity index (χ1) is 13.1. The number of carbonyl (C=O) groups is 3. The van der Waals surface area contributed by atoms with E-state index in [0.29, 0.717) is 32.4 Å². The summed E-state index contributed by atoms with van der Waals surface area (Å²) in [5.41, 5.74) is 1.07. The Kier molecular flexibility index (Phi) is 6.25. The van der Waals surface area contributed by atoms with Gasteiger partial charge in [-0.1, -0.05) is 30.3 Å². The summed E-state index contributed by atoms with van der Waals surface area (Å²) in [6, 6.07) is 12.3. The van der Waals surface area contributed by atoms with Crippen molar-refractivity contribution < 1.29 is 18.8 Å². The van der Waals surface area contributed by atoms with Crippen LogP contribution < -0.4 is 10.6 Å². The summed E-state index contributed by atoms with van der Waals surface area (Å²) in [4.78, 5) is 37.6. The molecule has 1 aliphatic heterocycles. The van der Waals surface area contributed by atoms with E-state index in [2.05, 4.69) is 10.6 Å². The van der Waals surface area contributed by atoms with Gasteiger partial charge in [0.1, 0.15) is 11.8 Å². The van der Waals surface area contributed by atoms with E-state index in [1.807, 2.05) is 36.4 Å². The van der Waals surface area contributed by atoms with Gasteiger partial charge >= 0.3 is 6.03 Å². The van der Waals surface area contributed by atoms with Gasteiger partial charge in [0.2, 0.25) is 5.91 Å². The molecule has 1 saturated heterocycles. The van der Waals surface area contributed by atoms with Gasteiger partial charge in [0.05, 0.1) is 6.26 Å². The van der Waals surface area contributed by atoms with Crippen molar-refractivity contribution >= 4 is 17.8 Å². The van der Waals surface area contributed by atoms with Gasteiger partial charge in [-0.05, 0) is 30.5 Å². The molecule has 7 nitrogen and oxygen atoms in total. The number of nitrogens with one attached hydrogen (secondary N) is 2. The Bertz CT molecular complexity index is 774. The molecular weight excluding hydrogens is 346 g/mol. The number of hydrogen-bond donors (Lipinski definition) is 2. The number of hydrogen-bond acceptors (Lipinski definition) is 4. The summed E-state index contributed by atoms with van der Waals surface area (Å²) in [5, 5.41) is 5.46. The second kappa shape index (κ2) is 9.02. The van der Waals surface area contributed by atoms with Crippen LogP contribution in [-0.4, -0.2) is 41.9 Å². The van der Waals surface area contributed by atoms with Gasteiger partial charge in [0.15, 0.2) is 0 Å². The average Bonchev–Trinajstić information content (AvgIpc) is 3.28. The Morgan fingerprint density at radius 2 is 1.93 bits per heavy atom. The summed E-state index contributed by atoms with van der Waals surface area (Å²) >= 11 is 0. The molecule has 7 heteroatoms. The van der Waals surface area contributed by atoms with E-state index in [9.17, 15) is 14.4 Å². The summed E-state index contributed by atoms with van der Waals surface area (Å²) in [6.07, 6.45) is 3.29. The minimum Gasteiger partial charge on any atom is -0.469 e. The highest BCUT2D eigenvalue weighted by molar-refractivity contribution is 6.04.